The average molecular weight is 397 g/mol. The lowest BCUT2D eigenvalue weighted by Crippen LogP contribution is -2.47. The standard InChI is InChI=1S/C22H28N4OS/c1-16-5-6-18(14-17(16)2)20-7-8-21(24-23-20)26-9-3-4-19(15-26)22(27)25-10-12-28-13-11-25/h5-8,14,19H,3-4,9-13,15H2,1-2H3/t19-/m1/s1. The summed E-state index contributed by atoms with van der Waals surface area (Å²) in [6.45, 7) is 7.71. The maximum atomic E-state index is 12.9. The van der Waals surface area contributed by atoms with Crippen LogP contribution in [0.25, 0.3) is 11.3 Å². The predicted octanol–water partition coefficient (Wildman–Crippen LogP) is 3.55. The Labute approximate surface area is 171 Å². The van der Waals surface area contributed by atoms with E-state index in [0.29, 0.717) is 5.91 Å². The zero-order valence-electron chi connectivity index (χ0n) is 16.7. The van der Waals surface area contributed by atoms with Crippen molar-refractivity contribution >= 4 is 23.5 Å². The number of nitrogens with zero attached hydrogens (tertiary/aromatic N) is 4. The van der Waals surface area contributed by atoms with Crippen molar-refractivity contribution in [1.29, 1.82) is 0 Å². The SMILES string of the molecule is Cc1ccc(-c2ccc(N3CCC[C@@H](C(=O)N4CCSCC4)C3)nn2)cc1C. The fourth-order valence-electron chi connectivity index (χ4n) is 3.98. The molecule has 0 saturated carbocycles. The lowest BCUT2D eigenvalue weighted by atomic mass is 9.96. The van der Waals surface area contributed by atoms with Crippen molar-refractivity contribution < 1.29 is 4.79 Å². The van der Waals surface area contributed by atoms with Crippen LogP contribution in [-0.4, -0.2) is 58.7 Å². The monoisotopic (exact) mass is 396 g/mol. The Morgan fingerprint density at radius 1 is 1.04 bits per heavy atom. The van der Waals surface area contributed by atoms with Gasteiger partial charge in [-0.15, -0.1) is 10.2 Å². The smallest absolute Gasteiger partial charge is 0.227 e. The number of piperidine rings is 1. The second kappa shape index (κ2) is 8.52. The molecule has 1 aromatic carbocycles. The minimum Gasteiger partial charge on any atom is -0.354 e. The number of amides is 1. The molecule has 0 unspecified atom stereocenters. The summed E-state index contributed by atoms with van der Waals surface area (Å²) in [7, 11) is 0. The average Bonchev–Trinajstić information content (AvgIpc) is 2.76. The molecule has 1 aromatic heterocycles. The highest BCUT2D eigenvalue weighted by Crippen LogP contribution is 2.26. The first-order valence-corrected chi connectivity index (χ1v) is 11.3. The lowest BCUT2D eigenvalue weighted by Gasteiger charge is -2.36. The van der Waals surface area contributed by atoms with Crippen LogP contribution in [0.1, 0.15) is 24.0 Å². The third-order valence-corrected chi connectivity index (χ3v) is 6.81. The van der Waals surface area contributed by atoms with Gasteiger partial charge in [-0.1, -0.05) is 12.1 Å². The molecule has 2 aliphatic heterocycles. The van der Waals surface area contributed by atoms with Crippen molar-refractivity contribution in [3.8, 4) is 11.3 Å². The summed E-state index contributed by atoms with van der Waals surface area (Å²) in [6.07, 6.45) is 2.01. The van der Waals surface area contributed by atoms with Crippen LogP contribution >= 0.6 is 11.8 Å². The molecule has 1 atom stereocenters. The number of aryl methyl sites for hydroxylation is 2. The summed E-state index contributed by atoms with van der Waals surface area (Å²) in [6, 6.07) is 10.5. The topological polar surface area (TPSA) is 49.3 Å². The van der Waals surface area contributed by atoms with Crippen LogP contribution in [0.2, 0.25) is 0 Å². The molecule has 6 heteroatoms. The molecular formula is C22H28N4OS. The summed E-state index contributed by atoms with van der Waals surface area (Å²) >= 11 is 1.94. The molecule has 0 aliphatic carbocycles. The van der Waals surface area contributed by atoms with Gasteiger partial charge in [0.1, 0.15) is 0 Å². The number of anilines is 1. The molecule has 2 aliphatic rings. The van der Waals surface area contributed by atoms with Crippen molar-refractivity contribution in [1.82, 2.24) is 15.1 Å². The first kappa shape index (κ1) is 19.2. The Kier molecular flexibility index (Phi) is 5.85. The van der Waals surface area contributed by atoms with Crippen LogP contribution in [0, 0.1) is 19.8 Å². The fraction of sp³-hybridized carbons (Fsp3) is 0.500. The van der Waals surface area contributed by atoms with Gasteiger partial charge < -0.3 is 9.80 Å². The van der Waals surface area contributed by atoms with Gasteiger partial charge in [0.05, 0.1) is 11.6 Å². The van der Waals surface area contributed by atoms with Crippen LogP contribution in [0.3, 0.4) is 0 Å². The Bertz CT molecular complexity index is 833. The van der Waals surface area contributed by atoms with E-state index < -0.39 is 0 Å². The molecule has 4 rings (SSSR count). The number of hydrogen-bond acceptors (Lipinski definition) is 5. The second-order valence-corrected chi connectivity index (χ2v) is 9.02. The third kappa shape index (κ3) is 4.17. The molecule has 0 N–H and O–H groups in total. The van der Waals surface area contributed by atoms with Gasteiger partial charge in [-0.2, -0.15) is 11.8 Å². The molecule has 3 heterocycles. The van der Waals surface area contributed by atoms with Crippen molar-refractivity contribution in [3.63, 3.8) is 0 Å². The molecule has 2 aromatic rings. The van der Waals surface area contributed by atoms with Crippen LogP contribution in [0.15, 0.2) is 30.3 Å². The van der Waals surface area contributed by atoms with Crippen LogP contribution < -0.4 is 4.90 Å². The number of carbonyl (C=O) groups is 1. The Morgan fingerprint density at radius 2 is 1.86 bits per heavy atom. The molecule has 148 valence electrons. The number of carbonyl (C=O) groups excluding carboxylic acids is 1. The number of thioether (sulfide) groups is 1. The fourth-order valence-corrected chi connectivity index (χ4v) is 4.88. The Balaban J connectivity index is 1.44. The van der Waals surface area contributed by atoms with Gasteiger partial charge in [0, 0.05) is 43.2 Å². The number of aromatic nitrogens is 2. The first-order chi connectivity index (χ1) is 13.6. The van der Waals surface area contributed by atoms with Crippen molar-refractivity contribution in [3.05, 3.63) is 41.5 Å². The van der Waals surface area contributed by atoms with E-state index in [-0.39, 0.29) is 5.92 Å². The largest absolute Gasteiger partial charge is 0.354 e. The molecular weight excluding hydrogens is 368 g/mol. The van der Waals surface area contributed by atoms with Gasteiger partial charge in [-0.05, 0) is 56.0 Å². The quantitative estimate of drug-likeness (QED) is 0.794. The van der Waals surface area contributed by atoms with E-state index in [0.717, 1.165) is 67.6 Å². The lowest BCUT2D eigenvalue weighted by molar-refractivity contribution is -0.135. The highest BCUT2D eigenvalue weighted by Gasteiger charge is 2.30. The highest BCUT2D eigenvalue weighted by atomic mass is 32.2. The van der Waals surface area contributed by atoms with Crippen LogP contribution in [-0.2, 0) is 4.79 Å². The summed E-state index contributed by atoms with van der Waals surface area (Å²) in [4.78, 5) is 17.2. The van der Waals surface area contributed by atoms with Crippen molar-refractivity contribution in [2.45, 2.75) is 26.7 Å². The van der Waals surface area contributed by atoms with Gasteiger partial charge in [-0.3, -0.25) is 4.79 Å². The zero-order valence-corrected chi connectivity index (χ0v) is 17.5. The van der Waals surface area contributed by atoms with E-state index in [1.807, 2.05) is 23.9 Å². The maximum Gasteiger partial charge on any atom is 0.227 e. The molecule has 2 saturated heterocycles. The van der Waals surface area contributed by atoms with E-state index in [9.17, 15) is 4.79 Å². The number of benzene rings is 1. The third-order valence-electron chi connectivity index (χ3n) is 5.87. The molecule has 0 radical (unpaired) electrons. The van der Waals surface area contributed by atoms with Crippen molar-refractivity contribution in [2.75, 3.05) is 42.6 Å². The van der Waals surface area contributed by atoms with E-state index in [1.165, 1.54) is 11.1 Å². The zero-order chi connectivity index (χ0) is 19.5. The van der Waals surface area contributed by atoms with Gasteiger partial charge in [0.15, 0.2) is 5.82 Å². The molecule has 28 heavy (non-hydrogen) atoms. The highest BCUT2D eigenvalue weighted by molar-refractivity contribution is 7.99. The minimum atomic E-state index is 0.0816. The number of rotatable bonds is 3. The maximum absolute atomic E-state index is 12.9. The Morgan fingerprint density at radius 3 is 2.57 bits per heavy atom. The van der Waals surface area contributed by atoms with Gasteiger partial charge in [0.25, 0.3) is 0 Å². The van der Waals surface area contributed by atoms with E-state index in [2.05, 4.69) is 52.0 Å². The van der Waals surface area contributed by atoms with Crippen molar-refractivity contribution in [2.24, 2.45) is 5.92 Å². The molecule has 0 bridgehead atoms. The first-order valence-electron chi connectivity index (χ1n) is 10.1. The summed E-state index contributed by atoms with van der Waals surface area (Å²) in [5.41, 5.74) is 4.53. The summed E-state index contributed by atoms with van der Waals surface area (Å²) in [5, 5.41) is 8.95. The van der Waals surface area contributed by atoms with E-state index >= 15 is 0 Å². The molecule has 0 spiro atoms. The second-order valence-electron chi connectivity index (χ2n) is 7.80. The summed E-state index contributed by atoms with van der Waals surface area (Å²) in [5.74, 6) is 3.41. The van der Waals surface area contributed by atoms with Gasteiger partial charge in [0.2, 0.25) is 5.91 Å². The van der Waals surface area contributed by atoms with Crippen LogP contribution in [0.4, 0.5) is 5.82 Å². The van der Waals surface area contributed by atoms with E-state index in [1.54, 1.807) is 0 Å². The predicted molar refractivity (Wildman–Crippen MR) is 116 cm³/mol. The van der Waals surface area contributed by atoms with Crippen LogP contribution in [0.5, 0.6) is 0 Å². The summed E-state index contributed by atoms with van der Waals surface area (Å²) < 4.78 is 0. The normalized spacial score (nSPS) is 20.3. The number of hydrogen-bond donors (Lipinski definition) is 0. The van der Waals surface area contributed by atoms with Gasteiger partial charge in [-0.25, -0.2) is 0 Å². The minimum absolute atomic E-state index is 0.0816. The molecule has 2 fully saturated rings. The molecule has 5 nitrogen and oxygen atoms in total. The van der Waals surface area contributed by atoms with Gasteiger partial charge >= 0.3 is 0 Å². The molecule has 1 amide bonds. The van der Waals surface area contributed by atoms with E-state index in [4.69, 9.17) is 0 Å². The Hall–Kier alpha value is -2.08.